The summed E-state index contributed by atoms with van der Waals surface area (Å²) in [5, 5.41) is 10.4. The first kappa shape index (κ1) is 24.2. The molecule has 2 saturated carbocycles. The lowest BCUT2D eigenvalue weighted by atomic mass is 9.94. The number of nitrogens with zero attached hydrogens (tertiary/aromatic N) is 2. The van der Waals surface area contributed by atoms with Crippen molar-refractivity contribution in [3.8, 4) is 11.3 Å². The maximum Gasteiger partial charge on any atom is 0.337 e. The SMILES string of the molecule is O=C(O)c1cc(-c2ccc(C=C3SC(=NC4CCCCC4)N(C4CCCCC4)C3=O)o2)ccc1Cl. The minimum absolute atomic E-state index is 0.00839. The van der Waals surface area contributed by atoms with E-state index in [-0.39, 0.29) is 22.5 Å². The van der Waals surface area contributed by atoms with E-state index in [1.807, 2.05) is 4.90 Å². The van der Waals surface area contributed by atoms with Crippen molar-refractivity contribution in [3.63, 3.8) is 0 Å². The van der Waals surface area contributed by atoms with Gasteiger partial charge in [0.2, 0.25) is 0 Å². The average molecular weight is 513 g/mol. The number of carbonyl (C=O) groups is 2. The standard InChI is InChI=1S/C27H29ClN2O4S/c28-22-13-11-17(15-21(22)26(32)33)23-14-12-20(34-23)16-24-25(31)30(19-9-5-2-6-10-19)27(35-24)29-18-7-3-1-4-8-18/h11-16,18-19H,1-10H2,(H,32,33). The summed E-state index contributed by atoms with van der Waals surface area (Å²) in [4.78, 5) is 32.6. The number of aromatic carboxylic acids is 1. The molecule has 5 rings (SSSR count). The predicted molar refractivity (Wildman–Crippen MR) is 140 cm³/mol. The van der Waals surface area contributed by atoms with E-state index in [0.717, 1.165) is 43.7 Å². The highest BCUT2D eigenvalue weighted by atomic mass is 35.5. The Morgan fingerprint density at radius 2 is 1.77 bits per heavy atom. The highest BCUT2D eigenvalue weighted by Crippen LogP contribution is 2.39. The second-order valence-corrected chi connectivity index (χ2v) is 10.9. The maximum atomic E-state index is 13.5. The highest BCUT2D eigenvalue weighted by Gasteiger charge is 2.39. The van der Waals surface area contributed by atoms with Crippen LogP contribution < -0.4 is 0 Å². The largest absolute Gasteiger partial charge is 0.478 e. The second kappa shape index (κ2) is 10.6. The molecular weight excluding hydrogens is 484 g/mol. The van der Waals surface area contributed by atoms with E-state index in [2.05, 4.69) is 0 Å². The number of thioether (sulfide) groups is 1. The molecular formula is C27H29ClN2O4S. The van der Waals surface area contributed by atoms with Crippen LogP contribution in [0, 0.1) is 0 Å². The molecule has 6 nitrogen and oxygen atoms in total. The van der Waals surface area contributed by atoms with Gasteiger partial charge in [-0.2, -0.15) is 0 Å². The molecule has 2 aromatic rings. The number of carboxylic acid groups (broad SMARTS) is 1. The van der Waals surface area contributed by atoms with Crippen molar-refractivity contribution in [3.05, 3.63) is 51.6 Å². The Balaban J connectivity index is 1.42. The molecule has 0 radical (unpaired) electrons. The molecule has 1 aromatic carbocycles. The lowest BCUT2D eigenvalue weighted by molar-refractivity contribution is -0.124. The van der Waals surface area contributed by atoms with Gasteiger partial charge in [-0.25, -0.2) is 4.79 Å². The Morgan fingerprint density at radius 3 is 2.49 bits per heavy atom. The van der Waals surface area contributed by atoms with Gasteiger partial charge in [-0.15, -0.1) is 0 Å². The van der Waals surface area contributed by atoms with Crippen LogP contribution in [0.4, 0.5) is 0 Å². The molecule has 1 aliphatic heterocycles. The summed E-state index contributed by atoms with van der Waals surface area (Å²) < 4.78 is 5.98. The maximum absolute atomic E-state index is 13.5. The van der Waals surface area contributed by atoms with Crippen molar-refractivity contribution >= 4 is 46.5 Å². The third-order valence-electron chi connectivity index (χ3n) is 7.03. The predicted octanol–water partition coefficient (Wildman–Crippen LogP) is 7.24. The number of hydrogen-bond acceptors (Lipinski definition) is 5. The van der Waals surface area contributed by atoms with Crippen molar-refractivity contribution < 1.29 is 19.1 Å². The van der Waals surface area contributed by atoms with E-state index in [1.54, 1.807) is 30.3 Å². The van der Waals surface area contributed by atoms with Crippen molar-refractivity contribution in [2.45, 2.75) is 76.3 Å². The van der Waals surface area contributed by atoms with Crippen LogP contribution in [-0.2, 0) is 4.79 Å². The van der Waals surface area contributed by atoms with Gasteiger partial charge in [0.25, 0.3) is 5.91 Å². The van der Waals surface area contributed by atoms with E-state index >= 15 is 0 Å². The summed E-state index contributed by atoms with van der Waals surface area (Å²) in [5.41, 5.74) is 0.638. The summed E-state index contributed by atoms with van der Waals surface area (Å²) in [6, 6.07) is 8.86. The molecule has 3 aliphatic rings. The summed E-state index contributed by atoms with van der Waals surface area (Å²) >= 11 is 7.45. The van der Waals surface area contributed by atoms with Crippen LogP contribution in [0.1, 0.15) is 80.3 Å². The van der Waals surface area contributed by atoms with Crippen molar-refractivity contribution in [2.24, 2.45) is 4.99 Å². The summed E-state index contributed by atoms with van der Waals surface area (Å²) in [7, 11) is 0. The van der Waals surface area contributed by atoms with Gasteiger partial charge >= 0.3 is 5.97 Å². The van der Waals surface area contributed by atoms with Gasteiger partial charge in [-0.05, 0) is 67.8 Å². The van der Waals surface area contributed by atoms with E-state index in [1.165, 1.54) is 43.5 Å². The van der Waals surface area contributed by atoms with E-state index in [4.69, 9.17) is 21.0 Å². The van der Waals surface area contributed by atoms with E-state index in [0.29, 0.717) is 28.0 Å². The third-order valence-corrected chi connectivity index (χ3v) is 8.35. The van der Waals surface area contributed by atoms with Crippen LogP contribution in [0.3, 0.4) is 0 Å². The molecule has 0 bridgehead atoms. The van der Waals surface area contributed by atoms with Gasteiger partial charge in [0.1, 0.15) is 11.5 Å². The van der Waals surface area contributed by atoms with Crippen LogP contribution in [-0.4, -0.2) is 39.1 Å². The van der Waals surface area contributed by atoms with Gasteiger partial charge in [0.05, 0.1) is 21.5 Å². The Kier molecular flexibility index (Phi) is 7.35. The lowest BCUT2D eigenvalue weighted by Gasteiger charge is -2.31. The molecule has 0 atom stereocenters. The average Bonchev–Trinajstić information content (AvgIpc) is 3.45. The number of rotatable bonds is 5. The van der Waals surface area contributed by atoms with Crippen molar-refractivity contribution in [1.82, 2.24) is 4.90 Å². The minimum atomic E-state index is -1.09. The number of furan rings is 1. The van der Waals surface area contributed by atoms with Crippen LogP contribution in [0.2, 0.25) is 5.02 Å². The zero-order valence-corrected chi connectivity index (χ0v) is 21.1. The lowest BCUT2D eigenvalue weighted by Crippen LogP contribution is -2.41. The molecule has 2 heterocycles. The molecule has 0 unspecified atom stereocenters. The summed E-state index contributed by atoms with van der Waals surface area (Å²) in [6.45, 7) is 0. The third kappa shape index (κ3) is 5.36. The normalized spacial score (nSPS) is 22.4. The first-order valence-electron chi connectivity index (χ1n) is 12.4. The Hall–Kier alpha value is -2.51. The quantitative estimate of drug-likeness (QED) is 0.427. The molecule has 8 heteroatoms. The number of amides is 1. The number of hydrogen-bond donors (Lipinski definition) is 1. The number of carbonyl (C=O) groups excluding carboxylic acids is 1. The first-order chi connectivity index (χ1) is 17.0. The topological polar surface area (TPSA) is 83.1 Å². The van der Waals surface area contributed by atoms with E-state index < -0.39 is 5.97 Å². The smallest absolute Gasteiger partial charge is 0.337 e. The Morgan fingerprint density at radius 1 is 1.06 bits per heavy atom. The molecule has 1 N–H and O–H groups in total. The van der Waals surface area contributed by atoms with Crippen molar-refractivity contribution in [1.29, 1.82) is 0 Å². The van der Waals surface area contributed by atoms with Crippen LogP contribution >= 0.6 is 23.4 Å². The molecule has 3 fully saturated rings. The molecule has 184 valence electrons. The molecule has 35 heavy (non-hydrogen) atoms. The summed E-state index contributed by atoms with van der Waals surface area (Å²) in [6.07, 6.45) is 13.2. The van der Waals surface area contributed by atoms with Crippen LogP contribution in [0.15, 0.2) is 44.6 Å². The number of halogens is 1. The number of benzene rings is 1. The van der Waals surface area contributed by atoms with E-state index in [9.17, 15) is 14.7 Å². The van der Waals surface area contributed by atoms with Crippen LogP contribution in [0.25, 0.3) is 17.4 Å². The van der Waals surface area contributed by atoms with Gasteiger partial charge in [0, 0.05) is 17.7 Å². The highest BCUT2D eigenvalue weighted by molar-refractivity contribution is 8.18. The zero-order chi connectivity index (χ0) is 24.4. The second-order valence-electron chi connectivity index (χ2n) is 9.48. The molecule has 0 spiro atoms. The molecule has 1 amide bonds. The minimum Gasteiger partial charge on any atom is -0.478 e. The Bertz CT molecular complexity index is 1180. The monoisotopic (exact) mass is 512 g/mol. The molecule has 2 aliphatic carbocycles. The fourth-order valence-electron chi connectivity index (χ4n) is 5.16. The molecule has 1 saturated heterocycles. The fraction of sp³-hybridized carbons (Fsp3) is 0.444. The van der Waals surface area contributed by atoms with Gasteiger partial charge in [0.15, 0.2) is 5.17 Å². The van der Waals surface area contributed by atoms with Crippen LogP contribution in [0.5, 0.6) is 0 Å². The zero-order valence-electron chi connectivity index (χ0n) is 19.5. The number of carboxylic acids is 1. The molecule has 1 aromatic heterocycles. The number of amidine groups is 1. The van der Waals surface area contributed by atoms with Crippen molar-refractivity contribution in [2.75, 3.05) is 0 Å². The summed E-state index contributed by atoms with van der Waals surface area (Å²) in [5.74, 6) is -0.0165. The Labute approximate surface area is 214 Å². The fourth-order valence-corrected chi connectivity index (χ4v) is 6.45. The first-order valence-corrected chi connectivity index (χ1v) is 13.6. The van der Waals surface area contributed by atoms with Gasteiger partial charge < -0.3 is 9.52 Å². The van der Waals surface area contributed by atoms with Gasteiger partial charge in [-0.1, -0.05) is 50.1 Å². The number of aliphatic imine (C=N–C) groups is 1. The van der Waals surface area contributed by atoms with Gasteiger partial charge in [-0.3, -0.25) is 14.7 Å².